The van der Waals surface area contributed by atoms with E-state index in [0.717, 1.165) is 39.3 Å². The second-order valence-corrected chi connectivity index (χ2v) is 6.25. The number of ether oxygens (including phenoxy) is 1. The third-order valence-corrected chi connectivity index (χ3v) is 4.71. The minimum atomic E-state index is 0.518. The van der Waals surface area contributed by atoms with E-state index in [1.54, 1.807) is 7.11 Å². The van der Waals surface area contributed by atoms with Gasteiger partial charge in [-0.3, -0.25) is 9.80 Å². The molecule has 0 bridgehead atoms. The highest BCUT2D eigenvalue weighted by Crippen LogP contribution is 2.20. The Labute approximate surface area is 133 Å². The van der Waals surface area contributed by atoms with Gasteiger partial charge in [-0.1, -0.05) is 42.5 Å². The largest absolute Gasteiger partial charge is 0.383 e. The fraction of sp³-hybridized carbons (Fsp3) is 0.474. The summed E-state index contributed by atoms with van der Waals surface area (Å²) in [6.45, 7) is 8.67. The van der Waals surface area contributed by atoms with Gasteiger partial charge in [-0.2, -0.15) is 0 Å². The first kappa shape index (κ1) is 15.5. The number of fused-ring (bicyclic) bond motifs is 1. The Balaban J connectivity index is 1.63. The van der Waals surface area contributed by atoms with E-state index in [2.05, 4.69) is 59.2 Å². The van der Waals surface area contributed by atoms with Gasteiger partial charge in [0.25, 0.3) is 0 Å². The van der Waals surface area contributed by atoms with Crippen molar-refractivity contribution < 1.29 is 4.74 Å². The summed E-state index contributed by atoms with van der Waals surface area (Å²) in [5, 5.41) is 2.73. The van der Waals surface area contributed by atoms with Gasteiger partial charge < -0.3 is 4.74 Å². The quantitative estimate of drug-likeness (QED) is 0.844. The van der Waals surface area contributed by atoms with Gasteiger partial charge in [0.15, 0.2) is 0 Å². The molecule has 0 amide bonds. The van der Waals surface area contributed by atoms with Gasteiger partial charge in [0.05, 0.1) is 6.61 Å². The van der Waals surface area contributed by atoms with Crippen molar-refractivity contribution >= 4 is 10.8 Å². The van der Waals surface area contributed by atoms with Crippen LogP contribution in [0.3, 0.4) is 0 Å². The van der Waals surface area contributed by atoms with Crippen LogP contribution in [-0.4, -0.2) is 55.7 Å². The predicted molar refractivity (Wildman–Crippen MR) is 92.1 cm³/mol. The minimum Gasteiger partial charge on any atom is -0.383 e. The van der Waals surface area contributed by atoms with Gasteiger partial charge in [0.2, 0.25) is 0 Å². The number of hydrogen-bond acceptors (Lipinski definition) is 3. The van der Waals surface area contributed by atoms with Crippen LogP contribution in [0.1, 0.15) is 12.5 Å². The van der Waals surface area contributed by atoms with Crippen molar-refractivity contribution in [1.82, 2.24) is 9.80 Å². The maximum atomic E-state index is 5.27. The molecule has 0 N–H and O–H groups in total. The van der Waals surface area contributed by atoms with E-state index < -0.39 is 0 Å². The van der Waals surface area contributed by atoms with Gasteiger partial charge in [0, 0.05) is 45.9 Å². The molecule has 1 heterocycles. The van der Waals surface area contributed by atoms with Crippen molar-refractivity contribution in [1.29, 1.82) is 0 Å². The standard InChI is InChI=1S/C19H26N2O/c1-16(15-22-2)21-12-10-20(11-13-21)14-18-8-5-7-17-6-3-4-9-19(17)18/h3-9,16H,10-15H2,1-2H3/t16-/m0/s1. The van der Waals surface area contributed by atoms with Crippen LogP contribution in [0.4, 0.5) is 0 Å². The number of hydrogen-bond donors (Lipinski definition) is 0. The molecule has 118 valence electrons. The highest BCUT2D eigenvalue weighted by molar-refractivity contribution is 5.85. The van der Waals surface area contributed by atoms with Crippen LogP contribution in [0.5, 0.6) is 0 Å². The molecule has 3 rings (SSSR count). The van der Waals surface area contributed by atoms with E-state index in [9.17, 15) is 0 Å². The Hall–Kier alpha value is -1.42. The molecule has 1 atom stereocenters. The third-order valence-electron chi connectivity index (χ3n) is 4.71. The topological polar surface area (TPSA) is 15.7 Å². The average molecular weight is 298 g/mol. The first-order valence-corrected chi connectivity index (χ1v) is 8.20. The highest BCUT2D eigenvalue weighted by Gasteiger charge is 2.21. The monoisotopic (exact) mass is 298 g/mol. The maximum Gasteiger partial charge on any atom is 0.0615 e. The molecule has 3 nitrogen and oxygen atoms in total. The predicted octanol–water partition coefficient (Wildman–Crippen LogP) is 2.99. The van der Waals surface area contributed by atoms with Crippen molar-refractivity contribution in [3.8, 4) is 0 Å². The maximum absolute atomic E-state index is 5.27. The molecule has 1 saturated heterocycles. The Morgan fingerprint density at radius 1 is 1.00 bits per heavy atom. The van der Waals surface area contributed by atoms with E-state index in [4.69, 9.17) is 4.74 Å². The van der Waals surface area contributed by atoms with Gasteiger partial charge in [-0.25, -0.2) is 0 Å². The lowest BCUT2D eigenvalue weighted by molar-refractivity contribution is 0.0551. The Bertz CT molecular complexity index is 600. The second kappa shape index (κ2) is 7.23. The molecule has 1 aliphatic heterocycles. The van der Waals surface area contributed by atoms with Crippen LogP contribution < -0.4 is 0 Å². The number of rotatable bonds is 5. The van der Waals surface area contributed by atoms with Gasteiger partial charge in [0.1, 0.15) is 0 Å². The molecular formula is C19H26N2O. The molecule has 0 saturated carbocycles. The highest BCUT2D eigenvalue weighted by atomic mass is 16.5. The Kier molecular flexibility index (Phi) is 5.08. The van der Waals surface area contributed by atoms with Gasteiger partial charge in [-0.15, -0.1) is 0 Å². The zero-order valence-electron chi connectivity index (χ0n) is 13.7. The molecule has 0 radical (unpaired) electrons. The summed E-state index contributed by atoms with van der Waals surface area (Å²) in [6, 6.07) is 15.8. The van der Waals surface area contributed by atoms with Crippen molar-refractivity contribution in [2.45, 2.75) is 19.5 Å². The van der Waals surface area contributed by atoms with Crippen LogP contribution in [-0.2, 0) is 11.3 Å². The van der Waals surface area contributed by atoms with Crippen molar-refractivity contribution in [3.63, 3.8) is 0 Å². The van der Waals surface area contributed by atoms with E-state index in [-0.39, 0.29) is 0 Å². The van der Waals surface area contributed by atoms with Gasteiger partial charge in [-0.05, 0) is 23.3 Å². The molecule has 1 fully saturated rings. The lowest BCUT2D eigenvalue weighted by Gasteiger charge is -2.38. The average Bonchev–Trinajstić information content (AvgIpc) is 2.56. The van der Waals surface area contributed by atoms with Gasteiger partial charge >= 0.3 is 0 Å². The molecule has 0 aromatic heterocycles. The summed E-state index contributed by atoms with van der Waals surface area (Å²) in [5.41, 5.74) is 1.44. The molecular weight excluding hydrogens is 272 g/mol. The first-order chi connectivity index (χ1) is 10.8. The Morgan fingerprint density at radius 2 is 1.73 bits per heavy atom. The lowest BCUT2D eigenvalue weighted by Crippen LogP contribution is -2.50. The van der Waals surface area contributed by atoms with E-state index >= 15 is 0 Å². The molecule has 0 unspecified atom stereocenters. The summed E-state index contributed by atoms with van der Waals surface area (Å²) >= 11 is 0. The lowest BCUT2D eigenvalue weighted by atomic mass is 10.0. The van der Waals surface area contributed by atoms with E-state index in [0.29, 0.717) is 6.04 Å². The smallest absolute Gasteiger partial charge is 0.0615 e. The summed E-state index contributed by atoms with van der Waals surface area (Å²) in [5.74, 6) is 0. The Morgan fingerprint density at radius 3 is 2.50 bits per heavy atom. The van der Waals surface area contributed by atoms with Crippen LogP contribution in [0.15, 0.2) is 42.5 Å². The molecule has 2 aromatic rings. The van der Waals surface area contributed by atoms with Crippen LogP contribution >= 0.6 is 0 Å². The zero-order valence-corrected chi connectivity index (χ0v) is 13.7. The number of nitrogens with zero attached hydrogens (tertiary/aromatic N) is 2. The zero-order chi connectivity index (χ0) is 15.4. The SMILES string of the molecule is COC[C@H](C)N1CCN(Cc2cccc3ccccc23)CC1. The summed E-state index contributed by atoms with van der Waals surface area (Å²) < 4.78 is 5.27. The normalized spacial score (nSPS) is 18.6. The minimum absolute atomic E-state index is 0.518. The fourth-order valence-corrected chi connectivity index (χ4v) is 3.38. The molecule has 1 aliphatic rings. The molecule has 3 heteroatoms. The summed E-state index contributed by atoms with van der Waals surface area (Å²) in [4.78, 5) is 5.10. The van der Waals surface area contributed by atoms with E-state index in [1.807, 2.05) is 0 Å². The van der Waals surface area contributed by atoms with Crippen molar-refractivity contribution in [3.05, 3.63) is 48.0 Å². The summed E-state index contributed by atoms with van der Waals surface area (Å²) in [6.07, 6.45) is 0. The number of methoxy groups -OCH3 is 1. The molecule has 22 heavy (non-hydrogen) atoms. The molecule has 2 aromatic carbocycles. The van der Waals surface area contributed by atoms with Crippen molar-refractivity contribution in [2.75, 3.05) is 39.9 Å². The molecule has 0 spiro atoms. The van der Waals surface area contributed by atoms with Crippen LogP contribution in [0.2, 0.25) is 0 Å². The fourth-order valence-electron chi connectivity index (χ4n) is 3.38. The van der Waals surface area contributed by atoms with Crippen LogP contribution in [0.25, 0.3) is 10.8 Å². The first-order valence-electron chi connectivity index (χ1n) is 8.20. The number of piperazine rings is 1. The second-order valence-electron chi connectivity index (χ2n) is 6.25. The molecule has 0 aliphatic carbocycles. The van der Waals surface area contributed by atoms with Crippen molar-refractivity contribution in [2.24, 2.45) is 0 Å². The third kappa shape index (κ3) is 3.49. The number of benzene rings is 2. The van der Waals surface area contributed by atoms with Crippen LogP contribution in [0, 0.1) is 0 Å². The summed E-state index contributed by atoms with van der Waals surface area (Å²) in [7, 11) is 1.78. The van der Waals surface area contributed by atoms with E-state index in [1.165, 1.54) is 16.3 Å².